The van der Waals surface area contributed by atoms with Crippen LogP contribution < -0.4 is 0 Å². The lowest BCUT2D eigenvalue weighted by Gasteiger charge is -2.28. The Hall–Kier alpha value is -1.11. The van der Waals surface area contributed by atoms with E-state index in [1.165, 1.54) is 67.4 Å². The van der Waals surface area contributed by atoms with Gasteiger partial charge in [-0.1, -0.05) is 222 Å². The molecule has 0 aliphatic carbocycles. The molecule has 0 aromatic carbocycles. The molecule has 47 heavy (non-hydrogen) atoms. The molecule has 0 unspecified atom stereocenters. The Morgan fingerprint density at radius 3 is 1.02 bits per heavy atom. The Morgan fingerprint density at radius 2 is 0.830 bits per heavy atom. The van der Waals surface area contributed by atoms with Crippen LogP contribution in [0, 0.1) is 35.5 Å². The van der Waals surface area contributed by atoms with E-state index in [1.807, 2.05) is 0 Å². The first-order valence-electron chi connectivity index (χ1n) is 20.4. The molecule has 1 rings (SSSR count). The molecule has 0 N–H and O–H groups in total. The summed E-state index contributed by atoms with van der Waals surface area (Å²) in [5, 5.41) is 0. The summed E-state index contributed by atoms with van der Waals surface area (Å²) in [6.07, 6.45) is 8.67. The first-order valence-corrected chi connectivity index (χ1v) is 20.4. The SMILES string of the molecule is C=C(/C(=C(\C)C(C)C)C(C)C)C(C)C.CC(C)C1=NCCC(C(C)C)=C1C(C)C.CCC.CCC.CCC.CCC.CCC.CCC. The van der Waals surface area contributed by atoms with Gasteiger partial charge in [0.15, 0.2) is 0 Å². The Kier molecular flexibility index (Phi) is 58.4. The summed E-state index contributed by atoms with van der Waals surface area (Å²) in [6, 6.07) is 0. The molecule has 1 aliphatic rings. The first-order chi connectivity index (χ1) is 21.7. The van der Waals surface area contributed by atoms with Crippen molar-refractivity contribution in [3.8, 4) is 0 Å². The summed E-state index contributed by atoms with van der Waals surface area (Å²) in [6.45, 7) is 60.1. The van der Waals surface area contributed by atoms with Crippen LogP contribution in [0.4, 0.5) is 0 Å². The molecule has 0 fully saturated rings. The topological polar surface area (TPSA) is 12.4 Å². The molecule has 0 aromatic rings. The van der Waals surface area contributed by atoms with Crippen LogP contribution in [-0.4, -0.2) is 12.3 Å². The van der Waals surface area contributed by atoms with Crippen molar-refractivity contribution in [3.63, 3.8) is 0 Å². The summed E-state index contributed by atoms with van der Waals surface area (Å²) >= 11 is 0. The quantitative estimate of drug-likeness (QED) is 0.240. The van der Waals surface area contributed by atoms with E-state index in [1.54, 1.807) is 11.1 Å². The van der Waals surface area contributed by atoms with Crippen molar-refractivity contribution in [3.05, 3.63) is 34.4 Å². The van der Waals surface area contributed by atoms with Crippen molar-refractivity contribution in [1.29, 1.82) is 0 Å². The maximum Gasteiger partial charge on any atom is 0.0430 e. The molecular weight excluding hydrogens is 567 g/mol. The van der Waals surface area contributed by atoms with Crippen LogP contribution in [0.15, 0.2) is 39.4 Å². The number of nitrogens with zero attached hydrogens (tertiary/aromatic N) is 1. The summed E-state index contributed by atoms with van der Waals surface area (Å²) in [5.41, 5.74) is 8.84. The van der Waals surface area contributed by atoms with Crippen molar-refractivity contribution in [2.24, 2.45) is 40.5 Å². The fourth-order valence-electron chi connectivity index (χ4n) is 4.14. The van der Waals surface area contributed by atoms with E-state index in [0.717, 1.165) is 6.54 Å². The van der Waals surface area contributed by atoms with Gasteiger partial charge in [-0.3, -0.25) is 4.99 Å². The largest absolute Gasteiger partial charge is 0.289 e. The van der Waals surface area contributed by atoms with Crippen molar-refractivity contribution >= 4 is 5.71 Å². The van der Waals surface area contributed by atoms with Gasteiger partial charge in [-0.15, -0.1) is 0 Å². The highest BCUT2D eigenvalue weighted by molar-refractivity contribution is 6.03. The monoisotopic (exact) mass is 666 g/mol. The minimum Gasteiger partial charge on any atom is -0.289 e. The smallest absolute Gasteiger partial charge is 0.0430 e. The van der Waals surface area contributed by atoms with Gasteiger partial charge in [0.25, 0.3) is 0 Å². The molecule has 0 spiro atoms. The second-order valence-corrected chi connectivity index (χ2v) is 14.7. The third-order valence-electron chi connectivity index (χ3n) is 6.02. The van der Waals surface area contributed by atoms with Crippen LogP contribution in [0.2, 0.25) is 0 Å². The van der Waals surface area contributed by atoms with Crippen LogP contribution >= 0.6 is 0 Å². The van der Waals surface area contributed by atoms with E-state index in [0.29, 0.717) is 35.5 Å². The van der Waals surface area contributed by atoms with Gasteiger partial charge in [0.1, 0.15) is 0 Å². The van der Waals surface area contributed by atoms with Gasteiger partial charge in [0, 0.05) is 12.3 Å². The lowest BCUT2D eigenvalue weighted by Crippen LogP contribution is -2.23. The minimum absolute atomic E-state index is 0.557. The minimum atomic E-state index is 0.557. The maximum atomic E-state index is 4.72. The van der Waals surface area contributed by atoms with Crippen LogP contribution in [-0.2, 0) is 0 Å². The predicted molar refractivity (Wildman–Crippen MR) is 231 cm³/mol. The van der Waals surface area contributed by atoms with E-state index in [9.17, 15) is 0 Å². The maximum absolute atomic E-state index is 4.72. The number of dihydropyridines is 1. The Balaban J connectivity index is -0.0000000908. The highest BCUT2D eigenvalue weighted by atomic mass is 14.8. The van der Waals surface area contributed by atoms with Crippen LogP contribution in [0.1, 0.15) is 218 Å². The van der Waals surface area contributed by atoms with Crippen LogP contribution in [0.25, 0.3) is 0 Å². The average Bonchev–Trinajstić information content (AvgIpc) is 2.95. The number of aliphatic imine (C=N–C) groups is 1. The van der Waals surface area contributed by atoms with E-state index >= 15 is 0 Å². The Labute approximate surface area is 304 Å². The molecule has 1 nitrogen and oxygen atoms in total. The molecule has 0 saturated heterocycles. The highest BCUT2D eigenvalue weighted by Crippen LogP contribution is 2.31. The zero-order valence-corrected chi connectivity index (χ0v) is 38.3. The predicted octanol–water partition coefficient (Wildman–Crippen LogP) is 17.4. The number of rotatable bonds is 7. The molecule has 1 heteroatoms. The molecule has 0 aromatic heterocycles. The zero-order valence-electron chi connectivity index (χ0n) is 38.3. The van der Waals surface area contributed by atoms with Crippen molar-refractivity contribution in [2.75, 3.05) is 6.54 Å². The van der Waals surface area contributed by atoms with Gasteiger partial charge < -0.3 is 0 Å². The van der Waals surface area contributed by atoms with Gasteiger partial charge in [-0.05, 0) is 65.6 Å². The number of hydrogen-bond acceptors (Lipinski definition) is 1. The van der Waals surface area contributed by atoms with Gasteiger partial charge in [0.2, 0.25) is 0 Å². The summed E-state index contributed by atoms with van der Waals surface area (Å²) < 4.78 is 0. The molecule has 0 amide bonds. The normalized spacial score (nSPS) is 12.2. The van der Waals surface area contributed by atoms with Gasteiger partial charge in [-0.25, -0.2) is 0 Å². The molecule has 0 radical (unpaired) electrons. The Morgan fingerprint density at radius 1 is 0.511 bits per heavy atom. The number of allylic oxidation sites excluding steroid dienone is 4. The average molecular weight is 666 g/mol. The molecular formula is C46H99N. The molecule has 0 atom stereocenters. The zero-order chi connectivity index (χ0) is 39.3. The van der Waals surface area contributed by atoms with Crippen molar-refractivity contribution < 1.29 is 0 Å². The molecule has 0 saturated carbocycles. The van der Waals surface area contributed by atoms with Gasteiger partial charge in [0.05, 0.1) is 0 Å². The van der Waals surface area contributed by atoms with Gasteiger partial charge >= 0.3 is 0 Å². The third-order valence-corrected chi connectivity index (χ3v) is 6.02. The second kappa shape index (κ2) is 44.9. The third kappa shape index (κ3) is 41.0. The molecule has 1 heterocycles. The number of hydrogen-bond donors (Lipinski definition) is 0. The lowest BCUT2D eigenvalue weighted by molar-refractivity contribution is 0.650. The summed E-state index contributed by atoms with van der Waals surface area (Å²) in [5.74, 6) is 3.63. The first kappa shape index (κ1) is 61.1. The van der Waals surface area contributed by atoms with Crippen molar-refractivity contribution in [1.82, 2.24) is 0 Å². The van der Waals surface area contributed by atoms with Crippen LogP contribution in [0.5, 0.6) is 0 Å². The fourth-order valence-corrected chi connectivity index (χ4v) is 4.14. The van der Waals surface area contributed by atoms with Gasteiger partial charge in [-0.2, -0.15) is 0 Å². The second-order valence-electron chi connectivity index (χ2n) is 14.7. The summed E-state index contributed by atoms with van der Waals surface area (Å²) in [4.78, 5) is 4.72. The van der Waals surface area contributed by atoms with Crippen LogP contribution in [0.3, 0.4) is 0 Å². The molecule has 1 aliphatic heterocycles. The lowest BCUT2D eigenvalue weighted by atomic mass is 9.81. The van der Waals surface area contributed by atoms with Crippen molar-refractivity contribution in [2.45, 2.75) is 218 Å². The van der Waals surface area contributed by atoms with E-state index in [-0.39, 0.29) is 0 Å². The highest BCUT2D eigenvalue weighted by Gasteiger charge is 2.23. The van der Waals surface area contributed by atoms with E-state index < -0.39 is 0 Å². The Bertz CT molecular complexity index is 692. The molecule has 288 valence electrons. The molecule has 0 bridgehead atoms. The van der Waals surface area contributed by atoms with E-state index in [2.05, 4.69) is 180 Å². The summed E-state index contributed by atoms with van der Waals surface area (Å²) in [7, 11) is 0. The fraction of sp³-hybridized carbons (Fsp3) is 0.848. The standard InChI is InChI=1S/C14H25N.C14H26.6C3H8/c1-9(2)12-7-8-15-14(11(5)6)13(12)10(3)4;1-9(2)12(7)14(11(5)6)13(8)10(3)4;6*1-3-2/h9-11H,7-8H2,1-6H3;9-11H,7H2,1-6,8H3;6*3H2,1-2H3/b;14-13+;;;;;;. The van der Waals surface area contributed by atoms with E-state index in [4.69, 9.17) is 4.99 Å².